The zero-order chi connectivity index (χ0) is 26.9. The van der Waals surface area contributed by atoms with Crippen LogP contribution in [0.1, 0.15) is 23.3 Å². The number of aromatic nitrogens is 4. The van der Waals surface area contributed by atoms with Gasteiger partial charge in [-0.2, -0.15) is 9.78 Å². The predicted molar refractivity (Wildman–Crippen MR) is 150 cm³/mol. The second-order valence-electron chi connectivity index (χ2n) is 10.0. The topological polar surface area (TPSA) is 120 Å². The summed E-state index contributed by atoms with van der Waals surface area (Å²) in [4.78, 5) is 40.9. The lowest BCUT2D eigenvalue weighted by Crippen LogP contribution is -2.44. The van der Waals surface area contributed by atoms with Crippen molar-refractivity contribution in [3.8, 4) is 11.1 Å². The maximum absolute atomic E-state index is 13.1. The number of carboxylic acid groups (broad SMARTS) is 1. The van der Waals surface area contributed by atoms with Crippen LogP contribution in [-0.2, 0) is 0 Å². The molecule has 0 unspecified atom stereocenters. The Bertz CT molecular complexity index is 1520. The third kappa shape index (κ3) is 5.00. The van der Waals surface area contributed by atoms with E-state index in [9.17, 15) is 14.7 Å². The first-order valence-electron chi connectivity index (χ1n) is 13.1. The molecule has 0 radical (unpaired) electrons. The Hall–Kier alpha value is -4.51. The van der Waals surface area contributed by atoms with Crippen LogP contribution in [0.25, 0.3) is 22.0 Å². The lowest BCUT2D eigenvalue weighted by Gasteiger charge is -2.34. The number of carbonyl (C=O) groups is 2. The summed E-state index contributed by atoms with van der Waals surface area (Å²) >= 11 is 0. The quantitative estimate of drug-likeness (QED) is 0.402. The first-order chi connectivity index (χ1) is 19.0. The number of hydrogen-bond donors (Lipinski definition) is 2. The third-order valence-electron chi connectivity index (χ3n) is 7.43. The fourth-order valence-corrected chi connectivity index (χ4v) is 5.20. The largest absolute Gasteiger partial charge is 0.476 e. The average Bonchev–Trinajstić information content (AvgIpc) is 3.62. The van der Waals surface area contributed by atoms with Crippen LogP contribution in [0.3, 0.4) is 0 Å². The molecule has 6 rings (SSSR count). The van der Waals surface area contributed by atoms with Gasteiger partial charge >= 0.3 is 12.0 Å². The summed E-state index contributed by atoms with van der Waals surface area (Å²) in [5.74, 6) is -0.327. The second kappa shape index (κ2) is 10.3. The number of carbonyl (C=O) groups excluding carboxylic acids is 1. The minimum atomic E-state index is -1.20. The van der Waals surface area contributed by atoms with Crippen molar-refractivity contribution in [3.05, 3.63) is 60.7 Å². The standard InChI is InChI=1S/C28H30N8O3/c1-33-10-12-34(13-11-33)22-14-20(16-29-18-22)19-4-6-24-23(15-19)26(27(37)38)32-36(24)28(39)31-21-5-7-25(30-17-21)35-8-2-3-9-35/h4-7,14-18H,2-3,8-13H2,1H3,(H,31,39)(H,37,38). The number of amides is 1. The summed E-state index contributed by atoms with van der Waals surface area (Å²) in [6, 6.07) is 10.5. The van der Waals surface area contributed by atoms with Crippen LogP contribution in [0.4, 0.5) is 22.0 Å². The van der Waals surface area contributed by atoms with Crippen LogP contribution in [0.5, 0.6) is 0 Å². The molecular weight excluding hydrogens is 496 g/mol. The first kappa shape index (κ1) is 24.8. The Kier molecular flexibility index (Phi) is 6.57. The molecule has 11 heteroatoms. The van der Waals surface area contributed by atoms with Crippen molar-refractivity contribution in [3.63, 3.8) is 0 Å². The Balaban J connectivity index is 1.27. The van der Waals surface area contributed by atoms with Crippen LogP contribution >= 0.6 is 0 Å². The Morgan fingerprint density at radius 2 is 1.67 bits per heavy atom. The van der Waals surface area contributed by atoms with E-state index in [1.807, 2.05) is 18.3 Å². The van der Waals surface area contributed by atoms with Crippen molar-refractivity contribution in [2.75, 3.05) is 61.4 Å². The van der Waals surface area contributed by atoms with E-state index < -0.39 is 12.0 Å². The number of benzene rings is 1. The molecule has 1 aromatic carbocycles. The molecule has 0 bridgehead atoms. The Morgan fingerprint density at radius 1 is 0.872 bits per heavy atom. The van der Waals surface area contributed by atoms with Crippen molar-refractivity contribution in [2.24, 2.45) is 0 Å². The van der Waals surface area contributed by atoms with Gasteiger partial charge in [0.1, 0.15) is 5.82 Å². The second-order valence-corrected chi connectivity index (χ2v) is 10.0. The van der Waals surface area contributed by atoms with Crippen LogP contribution in [0, 0.1) is 0 Å². The highest BCUT2D eigenvalue weighted by Gasteiger charge is 2.22. The highest BCUT2D eigenvalue weighted by Crippen LogP contribution is 2.29. The van der Waals surface area contributed by atoms with E-state index >= 15 is 0 Å². The Labute approximate surface area is 225 Å². The molecule has 5 heterocycles. The zero-order valence-electron chi connectivity index (χ0n) is 21.7. The molecule has 0 aliphatic carbocycles. The minimum Gasteiger partial charge on any atom is -0.476 e. The summed E-state index contributed by atoms with van der Waals surface area (Å²) in [7, 11) is 2.11. The number of pyridine rings is 2. The molecule has 2 N–H and O–H groups in total. The number of hydrogen-bond acceptors (Lipinski definition) is 8. The van der Waals surface area contributed by atoms with E-state index in [1.54, 1.807) is 30.6 Å². The fourth-order valence-electron chi connectivity index (χ4n) is 5.20. The molecule has 0 spiro atoms. The highest BCUT2D eigenvalue weighted by molar-refractivity contribution is 6.06. The summed E-state index contributed by atoms with van der Waals surface area (Å²) in [5.41, 5.74) is 3.41. The monoisotopic (exact) mass is 526 g/mol. The van der Waals surface area contributed by atoms with Crippen molar-refractivity contribution in [1.82, 2.24) is 24.6 Å². The zero-order valence-corrected chi connectivity index (χ0v) is 21.7. The van der Waals surface area contributed by atoms with Crippen molar-refractivity contribution >= 4 is 40.1 Å². The summed E-state index contributed by atoms with van der Waals surface area (Å²) in [6.07, 6.45) is 7.52. The number of carboxylic acids is 1. The smallest absolute Gasteiger partial charge is 0.357 e. The normalized spacial score (nSPS) is 16.1. The van der Waals surface area contributed by atoms with Gasteiger partial charge in [0.2, 0.25) is 0 Å². The average molecular weight is 527 g/mol. The molecule has 4 aromatic rings. The molecule has 2 aliphatic heterocycles. The number of anilines is 3. The number of nitrogens with zero attached hydrogens (tertiary/aromatic N) is 7. The third-order valence-corrected chi connectivity index (χ3v) is 7.43. The van der Waals surface area contributed by atoms with Crippen LogP contribution in [0.15, 0.2) is 55.0 Å². The van der Waals surface area contributed by atoms with Crippen LogP contribution in [0.2, 0.25) is 0 Å². The molecule has 2 fully saturated rings. The van der Waals surface area contributed by atoms with Gasteiger partial charge in [-0.1, -0.05) is 6.07 Å². The van der Waals surface area contributed by atoms with Gasteiger partial charge in [0.05, 0.1) is 29.3 Å². The van der Waals surface area contributed by atoms with Gasteiger partial charge < -0.3 is 25.1 Å². The van der Waals surface area contributed by atoms with E-state index in [0.717, 1.165) is 79.4 Å². The number of rotatable bonds is 5. The molecule has 0 atom stereocenters. The van der Waals surface area contributed by atoms with Crippen molar-refractivity contribution in [1.29, 1.82) is 0 Å². The van der Waals surface area contributed by atoms with Crippen LogP contribution in [-0.4, -0.2) is 88.1 Å². The van der Waals surface area contributed by atoms with Crippen molar-refractivity contribution in [2.45, 2.75) is 12.8 Å². The maximum atomic E-state index is 13.1. The Morgan fingerprint density at radius 3 is 2.38 bits per heavy atom. The van der Waals surface area contributed by atoms with Gasteiger partial charge in [0.25, 0.3) is 0 Å². The fraction of sp³-hybridized carbons (Fsp3) is 0.321. The van der Waals surface area contributed by atoms with Gasteiger partial charge in [-0.05, 0) is 55.8 Å². The summed E-state index contributed by atoms with van der Waals surface area (Å²) in [6.45, 7) is 5.77. The summed E-state index contributed by atoms with van der Waals surface area (Å²) in [5, 5.41) is 17.2. The minimum absolute atomic E-state index is 0.187. The van der Waals surface area contributed by atoms with E-state index in [0.29, 0.717) is 16.6 Å². The maximum Gasteiger partial charge on any atom is 0.357 e. The molecular formula is C28H30N8O3. The molecule has 200 valence electrons. The van der Waals surface area contributed by atoms with Gasteiger partial charge in [-0.15, -0.1) is 0 Å². The summed E-state index contributed by atoms with van der Waals surface area (Å²) < 4.78 is 1.09. The molecule has 11 nitrogen and oxygen atoms in total. The van der Waals surface area contributed by atoms with Gasteiger partial charge in [0.15, 0.2) is 5.69 Å². The lowest BCUT2D eigenvalue weighted by molar-refractivity contribution is 0.0692. The predicted octanol–water partition coefficient (Wildman–Crippen LogP) is 3.62. The molecule has 39 heavy (non-hydrogen) atoms. The van der Waals surface area contributed by atoms with E-state index in [-0.39, 0.29) is 5.69 Å². The van der Waals surface area contributed by atoms with Gasteiger partial charge in [0, 0.05) is 56.4 Å². The molecule has 2 aliphatic rings. The molecule has 3 aromatic heterocycles. The van der Waals surface area contributed by atoms with Gasteiger partial charge in [-0.25, -0.2) is 14.6 Å². The molecule has 2 saturated heterocycles. The van der Waals surface area contributed by atoms with Crippen LogP contribution < -0.4 is 15.1 Å². The number of likely N-dealkylation sites (N-methyl/N-ethyl adjacent to an activating group) is 1. The number of nitrogens with one attached hydrogen (secondary N) is 1. The highest BCUT2D eigenvalue weighted by atomic mass is 16.4. The molecule has 1 amide bonds. The van der Waals surface area contributed by atoms with Crippen molar-refractivity contribution < 1.29 is 14.7 Å². The number of piperazine rings is 1. The molecule has 0 saturated carbocycles. The van der Waals surface area contributed by atoms with E-state index in [1.165, 1.54) is 0 Å². The van der Waals surface area contributed by atoms with E-state index in [4.69, 9.17) is 0 Å². The van der Waals surface area contributed by atoms with Gasteiger partial charge in [-0.3, -0.25) is 4.98 Å². The number of fused-ring (bicyclic) bond motifs is 1. The lowest BCUT2D eigenvalue weighted by atomic mass is 10.0. The number of aromatic carboxylic acids is 1. The van der Waals surface area contributed by atoms with E-state index in [2.05, 4.69) is 48.2 Å². The first-order valence-corrected chi connectivity index (χ1v) is 13.1. The SMILES string of the molecule is CN1CCN(c2cncc(-c3ccc4c(c3)c(C(=O)O)nn4C(=O)Nc3ccc(N4CCCC4)nc3)c2)CC1.